The Balaban J connectivity index is 1.87. The zero-order valence-corrected chi connectivity index (χ0v) is 21.5. The minimum atomic E-state index is -0.603. The Morgan fingerprint density at radius 3 is 2.37 bits per heavy atom. The molecule has 0 fully saturated rings. The van der Waals surface area contributed by atoms with Gasteiger partial charge in [0.15, 0.2) is 4.80 Å². The summed E-state index contributed by atoms with van der Waals surface area (Å²) < 4.78 is 13.0. The van der Waals surface area contributed by atoms with Gasteiger partial charge in [-0.1, -0.05) is 61.6 Å². The summed E-state index contributed by atoms with van der Waals surface area (Å²) in [5.41, 5.74) is 3.70. The Bertz CT molecular complexity index is 1430. The van der Waals surface area contributed by atoms with Gasteiger partial charge in [-0.3, -0.25) is 9.36 Å². The summed E-state index contributed by atoms with van der Waals surface area (Å²) in [6.07, 6.45) is 1.85. The van der Waals surface area contributed by atoms with Crippen LogP contribution in [-0.4, -0.2) is 23.8 Å². The largest absolute Gasteiger partial charge is 0.494 e. The molecule has 2 heterocycles. The molecule has 1 atom stereocenters. The Hall–Kier alpha value is -3.45. The van der Waals surface area contributed by atoms with Crippen LogP contribution in [0, 0.1) is 0 Å². The number of ether oxygens (including phenoxy) is 2. The summed E-state index contributed by atoms with van der Waals surface area (Å²) in [7, 11) is 0. The van der Waals surface area contributed by atoms with Crippen LogP contribution in [0.3, 0.4) is 0 Å². The number of hydrogen-bond acceptors (Lipinski definition) is 6. The molecule has 0 bridgehead atoms. The highest BCUT2D eigenvalue weighted by Crippen LogP contribution is 2.31. The van der Waals surface area contributed by atoms with Gasteiger partial charge < -0.3 is 9.47 Å². The molecule has 3 aromatic rings. The van der Waals surface area contributed by atoms with E-state index in [1.165, 1.54) is 16.9 Å². The number of thiazole rings is 1. The van der Waals surface area contributed by atoms with Crippen LogP contribution in [0.1, 0.15) is 63.3 Å². The van der Waals surface area contributed by atoms with E-state index in [0.29, 0.717) is 33.1 Å². The molecule has 0 radical (unpaired) electrons. The fourth-order valence-corrected chi connectivity index (χ4v) is 5.20. The number of nitrogens with zero attached hydrogens (tertiary/aromatic N) is 2. The zero-order valence-electron chi connectivity index (χ0n) is 20.7. The summed E-state index contributed by atoms with van der Waals surface area (Å²) in [6.45, 7) is 10.6. The molecule has 1 aliphatic heterocycles. The first-order chi connectivity index (χ1) is 16.8. The third-order valence-corrected chi connectivity index (χ3v) is 6.91. The highest BCUT2D eigenvalue weighted by Gasteiger charge is 2.33. The minimum Gasteiger partial charge on any atom is -0.494 e. The molecule has 1 aromatic heterocycles. The van der Waals surface area contributed by atoms with Gasteiger partial charge in [0, 0.05) is 0 Å². The van der Waals surface area contributed by atoms with Crippen LogP contribution < -0.4 is 19.6 Å². The van der Waals surface area contributed by atoms with Crippen molar-refractivity contribution in [3.05, 3.63) is 96.2 Å². The lowest BCUT2D eigenvalue weighted by Gasteiger charge is -2.25. The van der Waals surface area contributed by atoms with Crippen molar-refractivity contribution >= 4 is 23.4 Å². The Labute approximate surface area is 208 Å². The van der Waals surface area contributed by atoms with Crippen molar-refractivity contribution in [1.29, 1.82) is 0 Å². The number of aromatic nitrogens is 1. The van der Waals surface area contributed by atoms with Crippen molar-refractivity contribution in [2.75, 3.05) is 13.2 Å². The van der Waals surface area contributed by atoms with E-state index in [0.717, 1.165) is 16.9 Å². The van der Waals surface area contributed by atoms with E-state index in [9.17, 15) is 9.59 Å². The van der Waals surface area contributed by atoms with Crippen LogP contribution in [0.15, 0.2) is 69.6 Å². The fraction of sp³-hybridized carbons (Fsp3) is 0.321. The number of allylic oxidation sites excluding steroid dienone is 1. The lowest BCUT2D eigenvalue weighted by Crippen LogP contribution is -2.39. The maximum absolute atomic E-state index is 13.7. The third kappa shape index (κ3) is 5.00. The van der Waals surface area contributed by atoms with E-state index in [1.807, 2.05) is 61.5 Å². The number of rotatable bonds is 7. The lowest BCUT2D eigenvalue weighted by atomic mass is 9.93. The SMILES string of the molecule is CCOC(=O)C1=C(C)N=c2s/c(=C\c3ccc(OCC)cc3)c(=O)n2[C@H]1c1ccc(C(C)C)cc1. The van der Waals surface area contributed by atoms with Crippen LogP contribution >= 0.6 is 11.3 Å². The molecule has 6 nitrogen and oxygen atoms in total. The Kier molecular flexibility index (Phi) is 7.36. The van der Waals surface area contributed by atoms with Gasteiger partial charge in [0.05, 0.1) is 35.1 Å². The van der Waals surface area contributed by atoms with Crippen LogP contribution in [0.4, 0.5) is 0 Å². The first-order valence-electron chi connectivity index (χ1n) is 11.9. The summed E-state index contributed by atoms with van der Waals surface area (Å²) in [5.74, 6) is 0.708. The summed E-state index contributed by atoms with van der Waals surface area (Å²) in [4.78, 5) is 31.9. The second kappa shape index (κ2) is 10.4. The molecule has 7 heteroatoms. The Morgan fingerprint density at radius 2 is 1.77 bits per heavy atom. The van der Waals surface area contributed by atoms with Gasteiger partial charge in [0.2, 0.25) is 0 Å². The number of esters is 1. The molecule has 1 aliphatic rings. The van der Waals surface area contributed by atoms with Crippen molar-refractivity contribution < 1.29 is 14.3 Å². The van der Waals surface area contributed by atoms with Gasteiger partial charge >= 0.3 is 5.97 Å². The molecule has 0 amide bonds. The molecule has 182 valence electrons. The molecule has 0 saturated heterocycles. The molecule has 35 heavy (non-hydrogen) atoms. The van der Waals surface area contributed by atoms with E-state index in [1.54, 1.807) is 18.4 Å². The standard InChI is InChI=1S/C28H30N2O4S/c1-6-33-22-14-8-19(9-15-22)16-23-26(31)30-25(21-12-10-20(11-13-21)17(3)4)24(27(32)34-7-2)18(5)29-28(30)35-23/h8-17,25H,6-7H2,1-5H3/b23-16-/t25-/m0/s1. The minimum absolute atomic E-state index is 0.185. The normalized spacial score (nSPS) is 15.7. The smallest absolute Gasteiger partial charge is 0.338 e. The van der Waals surface area contributed by atoms with Gasteiger partial charge in [-0.05, 0) is 61.6 Å². The maximum Gasteiger partial charge on any atom is 0.338 e. The first-order valence-corrected chi connectivity index (χ1v) is 12.7. The Morgan fingerprint density at radius 1 is 1.09 bits per heavy atom. The molecular formula is C28H30N2O4S. The molecule has 2 aromatic carbocycles. The number of carbonyl (C=O) groups is 1. The van der Waals surface area contributed by atoms with Crippen molar-refractivity contribution in [2.24, 2.45) is 4.99 Å². The average molecular weight is 491 g/mol. The van der Waals surface area contributed by atoms with Gasteiger partial charge in [0.25, 0.3) is 5.56 Å². The van der Waals surface area contributed by atoms with E-state index < -0.39 is 12.0 Å². The van der Waals surface area contributed by atoms with Crippen molar-refractivity contribution in [3.8, 4) is 5.75 Å². The quantitative estimate of drug-likeness (QED) is 0.463. The van der Waals surface area contributed by atoms with E-state index >= 15 is 0 Å². The van der Waals surface area contributed by atoms with Crippen LogP contribution in [0.5, 0.6) is 5.75 Å². The second-order valence-electron chi connectivity index (χ2n) is 8.63. The molecule has 0 spiro atoms. The summed E-state index contributed by atoms with van der Waals surface area (Å²) in [6, 6.07) is 15.1. The maximum atomic E-state index is 13.7. The predicted octanol–water partition coefficient (Wildman–Crippen LogP) is 4.32. The molecule has 0 unspecified atom stereocenters. The molecule has 4 rings (SSSR count). The van der Waals surface area contributed by atoms with E-state index in [-0.39, 0.29) is 12.2 Å². The summed E-state index contributed by atoms with van der Waals surface area (Å²) in [5, 5.41) is 0. The predicted molar refractivity (Wildman–Crippen MR) is 139 cm³/mol. The number of benzene rings is 2. The number of fused-ring (bicyclic) bond motifs is 1. The second-order valence-corrected chi connectivity index (χ2v) is 9.63. The zero-order chi connectivity index (χ0) is 25.1. The topological polar surface area (TPSA) is 69.9 Å². The highest BCUT2D eigenvalue weighted by molar-refractivity contribution is 7.07. The van der Waals surface area contributed by atoms with Gasteiger partial charge in [-0.15, -0.1) is 0 Å². The molecule has 0 aliphatic carbocycles. The van der Waals surface area contributed by atoms with Gasteiger partial charge in [0.1, 0.15) is 5.75 Å². The van der Waals surface area contributed by atoms with Crippen LogP contribution in [0.2, 0.25) is 0 Å². The molecule has 0 N–H and O–H groups in total. The first kappa shape index (κ1) is 24.7. The summed E-state index contributed by atoms with van der Waals surface area (Å²) >= 11 is 1.32. The van der Waals surface area contributed by atoms with E-state index in [2.05, 4.69) is 18.8 Å². The monoisotopic (exact) mass is 490 g/mol. The third-order valence-electron chi connectivity index (χ3n) is 5.92. The number of carbonyl (C=O) groups excluding carboxylic acids is 1. The molecular weight excluding hydrogens is 460 g/mol. The number of hydrogen-bond donors (Lipinski definition) is 0. The van der Waals surface area contributed by atoms with Crippen LogP contribution in [0.25, 0.3) is 6.08 Å². The van der Waals surface area contributed by atoms with Crippen molar-refractivity contribution in [3.63, 3.8) is 0 Å². The lowest BCUT2D eigenvalue weighted by molar-refractivity contribution is -0.139. The van der Waals surface area contributed by atoms with Gasteiger partial charge in [-0.25, -0.2) is 9.79 Å². The van der Waals surface area contributed by atoms with Crippen molar-refractivity contribution in [2.45, 2.75) is 46.6 Å². The van der Waals surface area contributed by atoms with Gasteiger partial charge in [-0.2, -0.15) is 0 Å². The molecule has 0 saturated carbocycles. The highest BCUT2D eigenvalue weighted by atomic mass is 32.1. The van der Waals surface area contributed by atoms with Crippen LogP contribution in [-0.2, 0) is 9.53 Å². The van der Waals surface area contributed by atoms with E-state index in [4.69, 9.17) is 9.47 Å². The van der Waals surface area contributed by atoms with Crippen molar-refractivity contribution in [1.82, 2.24) is 4.57 Å². The fourth-order valence-electron chi connectivity index (χ4n) is 4.15. The average Bonchev–Trinajstić information content (AvgIpc) is 3.14.